The van der Waals surface area contributed by atoms with Crippen LogP contribution in [0.4, 0.5) is 0 Å². The van der Waals surface area contributed by atoms with Crippen LogP contribution in [0.25, 0.3) is 0 Å². The van der Waals surface area contributed by atoms with Crippen LogP contribution < -0.4 is 4.89 Å². The van der Waals surface area contributed by atoms with Gasteiger partial charge in [0.2, 0.25) is 0 Å². The lowest BCUT2D eigenvalue weighted by Gasteiger charge is -2.28. The van der Waals surface area contributed by atoms with Gasteiger partial charge >= 0.3 is 11.9 Å². The van der Waals surface area contributed by atoms with E-state index in [4.69, 9.17) is 18.5 Å². The maximum atomic E-state index is 12.7. The summed E-state index contributed by atoms with van der Waals surface area (Å²) in [4.78, 5) is 37.5. The van der Waals surface area contributed by atoms with E-state index in [0.29, 0.717) is 17.4 Å². The zero-order valence-corrected chi connectivity index (χ0v) is 37.5. The molecule has 0 aliphatic rings. The Bertz CT molecular complexity index is 954. The van der Waals surface area contributed by atoms with Gasteiger partial charge in [-0.1, -0.05) is 174 Å². The van der Waals surface area contributed by atoms with Gasteiger partial charge in [0, 0.05) is 12.8 Å². The molecule has 0 saturated heterocycles. The molecule has 10 heteroatoms. The van der Waals surface area contributed by atoms with Crippen molar-refractivity contribution in [3.63, 3.8) is 0 Å². The normalized spacial score (nSPS) is 13.6. The number of allylic oxidation sites excluding steroid dienone is 2. The van der Waals surface area contributed by atoms with Gasteiger partial charge in [0.15, 0.2) is 6.10 Å². The third-order valence-electron chi connectivity index (χ3n) is 10.0. The summed E-state index contributed by atoms with van der Waals surface area (Å²) in [6.07, 6.45) is 39.4. The highest BCUT2D eigenvalue weighted by Gasteiger charge is 2.21. The lowest BCUT2D eigenvalue weighted by molar-refractivity contribution is -0.870. The Hall–Kier alpha value is -1.25. The fourth-order valence-corrected chi connectivity index (χ4v) is 7.14. The summed E-state index contributed by atoms with van der Waals surface area (Å²) in [7, 11) is 1.17. The fraction of sp³-hybridized carbons (Fsp3) is 0.911. The van der Waals surface area contributed by atoms with Crippen molar-refractivity contribution >= 4 is 19.8 Å². The van der Waals surface area contributed by atoms with Gasteiger partial charge in [-0.05, 0) is 38.5 Å². The van der Waals surface area contributed by atoms with E-state index >= 15 is 0 Å². The topological polar surface area (TPSA) is 111 Å². The average Bonchev–Trinajstić information content (AvgIpc) is 3.13. The summed E-state index contributed by atoms with van der Waals surface area (Å²) in [6, 6.07) is 0. The molecule has 55 heavy (non-hydrogen) atoms. The van der Waals surface area contributed by atoms with Gasteiger partial charge in [0.25, 0.3) is 7.82 Å². The number of carbonyl (C=O) groups excluding carboxylic acids is 2. The molecule has 0 heterocycles. The number of unbranched alkanes of at least 4 members (excludes halogenated alkanes) is 26. The number of likely N-dealkylation sites (N-methyl/N-ethyl adjacent to an activating group) is 1. The number of nitrogens with zero attached hydrogens (tertiary/aromatic N) is 1. The maximum Gasteiger partial charge on any atom is 0.306 e. The predicted octanol–water partition coefficient (Wildman–Crippen LogP) is 12.3. The number of carbonyl (C=O) groups is 2. The molecule has 0 aromatic heterocycles. The molecule has 2 atom stereocenters. The van der Waals surface area contributed by atoms with E-state index in [-0.39, 0.29) is 32.0 Å². The van der Waals surface area contributed by atoms with Crippen molar-refractivity contribution < 1.29 is 42.1 Å². The Morgan fingerprint density at radius 3 is 1.35 bits per heavy atom. The lowest BCUT2D eigenvalue weighted by Crippen LogP contribution is -2.37. The van der Waals surface area contributed by atoms with E-state index in [0.717, 1.165) is 51.4 Å². The molecule has 0 saturated carbocycles. The van der Waals surface area contributed by atoms with Crippen LogP contribution in [0.5, 0.6) is 0 Å². The van der Waals surface area contributed by atoms with Crippen molar-refractivity contribution in [3.8, 4) is 0 Å². The molecule has 0 aliphatic heterocycles. The van der Waals surface area contributed by atoms with Crippen LogP contribution in [0.2, 0.25) is 0 Å². The minimum absolute atomic E-state index is 0.0293. The van der Waals surface area contributed by atoms with E-state index in [2.05, 4.69) is 26.0 Å². The maximum absolute atomic E-state index is 12.7. The molecule has 0 fully saturated rings. The third-order valence-corrected chi connectivity index (χ3v) is 11.0. The van der Waals surface area contributed by atoms with Crippen molar-refractivity contribution in [2.24, 2.45) is 0 Å². The third kappa shape index (κ3) is 42.2. The monoisotopic (exact) mass is 802 g/mol. The molecule has 0 amide bonds. The quantitative estimate of drug-likeness (QED) is 0.0197. The summed E-state index contributed by atoms with van der Waals surface area (Å²) < 4.78 is 33.9. The van der Waals surface area contributed by atoms with Crippen LogP contribution in [0.3, 0.4) is 0 Å². The second-order valence-corrected chi connectivity index (χ2v) is 18.2. The lowest BCUT2D eigenvalue weighted by atomic mass is 10.0. The van der Waals surface area contributed by atoms with Gasteiger partial charge in [0.05, 0.1) is 27.7 Å². The largest absolute Gasteiger partial charge is 0.756 e. The number of rotatable bonds is 42. The Kier molecular flexibility index (Phi) is 37.4. The molecule has 0 rings (SSSR count). The summed E-state index contributed by atoms with van der Waals surface area (Å²) in [6.45, 7) is 4.24. The fourth-order valence-electron chi connectivity index (χ4n) is 6.41. The molecule has 9 nitrogen and oxygen atoms in total. The molecule has 326 valence electrons. The second-order valence-electron chi connectivity index (χ2n) is 16.8. The smallest absolute Gasteiger partial charge is 0.306 e. The number of phosphoric ester groups is 1. The Balaban J connectivity index is 4.32. The first kappa shape index (κ1) is 53.8. The van der Waals surface area contributed by atoms with Crippen LogP contribution in [0, 0.1) is 0 Å². The summed E-state index contributed by atoms with van der Waals surface area (Å²) in [5, 5.41) is 0. The van der Waals surface area contributed by atoms with Gasteiger partial charge in [-0.25, -0.2) is 0 Å². The van der Waals surface area contributed by atoms with Crippen LogP contribution >= 0.6 is 7.82 Å². The number of hydrogen-bond acceptors (Lipinski definition) is 8. The number of phosphoric acid groups is 1. The summed E-state index contributed by atoms with van der Waals surface area (Å²) in [5.41, 5.74) is 0. The molecule has 0 N–H and O–H groups in total. The highest BCUT2D eigenvalue weighted by molar-refractivity contribution is 7.45. The first-order valence-electron chi connectivity index (χ1n) is 22.9. The number of esters is 2. The van der Waals surface area contributed by atoms with Crippen molar-refractivity contribution in [3.05, 3.63) is 12.2 Å². The van der Waals surface area contributed by atoms with Gasteiger partial charge in [0.1, 0.15) is 19.8 Å². The van der Waals surface area contributed by atoms with Gasteiger partial charge in [-0.15, -0.1) is 0 Å². The average molecular weight is 802 g/mol. The number of quaternary nitrogens is 1. The van der Waals surface area contributed by atoms with Crippen molar-refractivity contribution in [1.29, 1.82) is 0 Å². The van der Waals surface area contributed by atoms with Crippen LogP contribution in [0.1, 0.15) is 213 Å². The SMILES string of the molecule is CCCCCCCCC/C=C\CCCCCCCC(=O)OC(COC(=O)CCCCCCCCCCCCCCCCC)COP(=O)([O-])OCC[N+](C)(C)C. The van der Waals surface area contributed by atoms with Crippen molar-refractivity contribution in [2.45, 2.75) is 219 Å². The molecule has 0 spiro atoms. The minimum atomic E-state index is -4.62. The Labute approximate surface area is 339 Å². The van der Waals surface area contributed by atoms with E-state index in [1.165, 1.54) is 128 Å². The van der Waals surface area contributed by atoms with E-state index in [9.17, 15) is 19.0 Å². The second kappa shape index (κ2) is 38.3. The number of hydrogen-bond donors (Lipinski definition) is 0. The van der Waals surface area contributed by atoms with Gasteiger partial charge < -0.3 is 27.9 Å². The van der Waals surface area contributed by atoms with E-state index in [1.54, 1.807) is 0 Å². The predicted molar refractivity (Wildman–Crippen MR) is 227 cm³/mol. The highest BCUT2D eigenvalue weighted by Crippen LogP contribution is 2.38. The molecule has 0 aliphatic carbocycles. The number of ether oxygens (including phenoxy) is 2. The molecule has 0 aromatic carbocycles. The first-order chi connectivity index (χ1) is 26.5. The summed E-state index contributed by atoms with van der Waals surface area (Å²) >= 11 is 0. The first-order valence-corrected chi connectivity index (χ1v) is 24.4. The zero-order valence-electron chi connectivity index (χ0n) is 36.6. The van der Waals surface area contributed by atoms with Gasteiger partial charge in [-0.3, -0.25) is 14.2 Å². The van der Waals surface area contributed by atoms with Crippen LogP contribution in [-0.4, -0.2) is 70.0 Å². The van der Waals surface area contributed by atoms with Crippen LogP contribution in [-0.2, 0) is 32.7 Å². The molecule has 0 aromatic rings. The molecule has 2 unspecified atom stereocenters. The standard InChI is InChI=1S/C45H88NO8P/c1-6-8-10-12-14-16-18-20-22-24-26-28-30-32-34-36-38-45(48)54-43(42-53-55(49,50)52-40-39-46(3,4)5)41-51-44(47)37-35-33-31-29-27-25-23-21-19-17-15-13-11-9-7-2/h22,24,43H,6-21,23,25-42H2,1-5H3/b24-22-. The highest BCUT2D eigenvalue weighted by atomic mass is 31.2. The van der Waals surface area contributed by atoms with Gasteiger partial charge in [-0.2, -0.15) is 0 Å². The van der Waals surface area contributed by atoms with Crippen molar-refractivity contribution in [2.75, 3.05) is 47.5 Å². The minimum Gasteiger partial charge on any atom is -0.756 e. The Morgan fingerprint density at radius 2 is 0.927 bits per heavy atom. The summed E-state index contributed by atoms with van der Waals surface area (Å²) in [5.74, 6) is -0.833. The van der Waals surface area contributed by atoms with Crippen LogP contribution in [0.15, 0.2) is 12.2 Å². The van der Waals surface area contributed by atoms with Crippen molar-refractivity contribution in [1.82, 2.24) is 0 Å². The molecule has 0 bridgehead atoms. The molecule has 0 radical (unpaired) electrons. The van der Waals surface area contributed by atoms with E-state index in [1.807, 2.05) is 21.1 Å². The zero-order chi connectivity index (χ0) is 40.7. The molecular formula is C45H88NO8P. The Morgan fingerprint density at radius 1 is 0.545 bits per heavy atom. The molecular weight excluding hydrogens is 713 g/mol. The van der Waals surface area contributed by atoms with E-state index < -0.39 is 26.5 Å².